The summed E-state index contributed by atoms with van der Waals surface area (Å²) in [7, 11) is 0. The molecule has 0 saturated carbocycles. The van der Waals surface area contributed by atoms with Gasteiger partial charge >= 0.3 is 0 Å². The molecule has 5 rings (SSSR count). The van der Waals surface area contributed by atoms with E-state index in [-0.39, 0.29) is 0 Å². The van der Waals surface area contributed by atoms with Crippen molar-refractivity contribution < 1.29 is 0 Å². The molecule has 5 aromatic rings. The van der Waals surface area contributed by atoms with Crippen LogP contribution in [0.4, 0.5) is 0 Å². The lowest BCUT2D eigenvalue weighted by molar-refractivity contribution is 0.834. The first-order chi connectivity index (χ1) is 24.1. The van der Waals surface area contributed by atoms with Gasteiger partial charge in [0.15, 0.2) is 0 Å². The highest BCUT2D eigenvalue weighted by atomic mass is 14.3. The maximum Gasteiger partial charge on any atom is -0.00928 e. The first kappa shape index (κ1) is 38.3. The van der Waals surface area contributed by atoms with Gasteiger partial charge in [0.2, 0.25) is 0 Å². The molecular formula is C51H64. The predicted molar refractivity (Wildman–Crippen MR) is 227 cm³/mol. The van der Waals surface area contributed by atoms with E-state index in [0.717, 1.165) is 0 Å². The van der Waals surface area contributed by atoms with Crippen molar-refractivity contribution >= 4 is 0 Å². The van der Waals surface area contributed by atoms with Crippen molar-refractivity contribution in [2.45, 2.75) is 138 Å². The largest absolute Gasteiger partial charge is 0.0619 e. The van der Waals surface area contributed by atoms with Crippen LogP contribution in [-0.2, 0) is 0 Å². The number of rotatable bonds is 11. The van der Waals surface area contributed by atoms with Gasteiger partial charge in [-0.2, -0.15) is 0 Å². The van der Waals surface area contributed by atoms with Crippen LogP contribution in [0.2, 0.25) is 0 Å². The molecule has 268 valence electrons. The van der Waals surface area contributed by atoms with E-state index >= 15 is 0 Å². The fourth-order valence-corrected chi connectivity index (χ4v) is 8.27. The second kappa shape index (κ2) is 15.8. The van der Waals surface area contributed by atoms with E-state index in [1.54, 1.807) is 0 Å². The van der Waals surface area contributed by atoms with Gasteiger partial charge in [0.25, 0.3) is 0 Å². The summed E-state index contributed by atoms with van der Waals surface area (Å²) in [5.41, 5.74) is 21.0. The SMILES string of the molecule is CC(C)c1ccccc1-c1cc(-c2c(C(C)C)cccc2C(C)C)c(-c2c(C(C)C)cccc2C(C)C)cc1-c1c(C(C)C)cccc1C(C)C. The van der Waals surface area contributed by atoms with Gasteiger partial charge < -0.3 is 0 Å². The molecule has 51 heavy (non-hydrogen) atoms. The molecule has 0 bridgehead atoms. The van der Waals surface area contributed by atoms with Crippen LogP contribution in [0.3, 0.4) is 0 Å². The van der Waals surface area contributed by atoms with Crippen LogP contribution in [0.1, 0.15) is 177 Å². The normalized spacial score (nSPS) is 12.2. The van der Waals surface area contributed by atoms with Crippen LogP contribution in [-0.4, -0.2) is 0 Å². The predicted octanol–water partition coefficient (Wildman–Crippen LogP) is 16.2. The molecule has 0 fully saturated rings. The minimum atomic E-state index is 0.385. The average Bonchev–Trinajstić information content (AvgIpc) is 3.09. The Morgan fingerprint density at radius 3 is 0.765 bits per heavy atom. The monoisotopic (exact) mass is 677 g/mol. The highest BCUT2D eigenvalue weighted by Crippen LogP contribution is 2.51. The standard InChI is InChI=1S/C51H64/c1-30(2)37-20-15-16-21-44(37)45-28-47(50-40(33(7)8)24-18-25-41(50)34(9)10)48(51-42(35(11)12)26-19-27-43(51)36(13)14)29-46(45)49-38(31(3)4)22-17-23-39(49)32(5)6/h15-36H,1-14H3. The van der Waals surface area contributed by atoms with Gasteiger partial charge in [-0.25, -0.2) is 0 Å². The van der Waals surface area contributed by atoms with Crippen LogP contribution < -0.4 is 0 Å². The minimum absolute atomic E-state index is 0.385. The summed E-state index contributed by atoms with van der Waals surface area (Å²) in [6.45, 7) is 33.0. The second-order valence-electron chi connectivity index (χ2n) is 17.0. The van der Waals surface area contributed by atoms with Crippen molar-refractivity contribution in [1.82, 2.24) is 0 Å². The third-order valence-corrected chi connectivity index (χ3v) is 11.0. The van der Waals surface area contributed by atoms with Gasteiger partial charge in [0, 0.05) is 0 Å². The quantitative estimate of drug-likeness (QED) is 0.131. The van der Waals surface area contributed by atoms with Crippen LogP contribution in [0, 0.1) is 0 Å². The molecule has 0 aliphatic carbocycles. The molecule has 0 aliphatic heterocycles. The molecule has 0 amide bonds. The average molecular weight is 677 g/mol. The lowest BCUT2D eigenvalue weighted by Gasteiger charge is -2.29. The molecule has 5 aromatic carbocycles. The summed E-state index contributed by atoms with van der Waals surface area (Å²) < 4.78 is 0. The van der Waals surface area contributed by atoms with E-state index in [4.69, 9.17) is 0 Å². The zero-order valence-corrected chi connectivity index (χ0v) is 34.2. The van der Waals surface area contributed by atoms with E-state index in [1.165, 1.54) is 83.5 Å². The van der Waals surface area contributed by atoms with Crippen LogP contribution in [0.25, 0.3) is 44.5 Å². The smallest absolute Gasteiger partial charge is 0.00928 e. The lowest BCUT2D eigenvalue weighted by Crippen LogP contribution is -2.07. The summed E-state index contributed by atoms with van der Waals surface area (Å²) in [5, 5.41) is 0. The molecule has 0 heteroatoms. The highest BCUT2D eigenvalue weighted by molar-refractivity contribution is 5.99. The van der Waals surface area contributed by atoms with Gasteiger partial charge in [0.05, 0.1) is 0 Å². The fraction of sp³-hybridized carbons (Fsp3) is 0.412. The molecule has 0 heterocycles. The van der Waals surface area contributed by atoms with Gasteiger partial charge in [-0.05, 0) is 137 Å². The van der Waals surface area contributed by atoms with Gasteiger partial charge in [-0.1, -0.05) is 176 Å². The number of hydrogen-bond donors (Lipinski definition) is 0. The van der Waals surface area contributed by atoms with E-state index < -0.39 is 0 Å². The summed E-state index contributed by atoms with van der Waals surface area (Å²) in [6.07, 6.45) is 0. The van der Waals surface area contributed by atoms with Gasteiger partial charge in [-0.15, -0.1) is 0 Å². The minimum Gasteiger partial charge on any atom is -0.0619 e. The Kier molecular flexibility index (Phi) is 11.9. The summed E-state index contributed by atoms with van der Waals surface area (Å²) in [6, 6.07) is 35.6. The zero-order chi connectivity index (χ0) is 37.3. The highest BCUT2D eigenvalue weighted by Gasteiger charge is 2.28. The number of benzene rings is 5. The molecule has 0 radical (unpaired) electrons. The maximum absolute atomic E-state index is 2.64. The van der Waals surface area contributed by atoms with Crippen molar-refractivity contribution in [3.05, 3.63) is 130 Å². The molecule has 0 saturated heterocycles. The molecule has 0 atom stereocenters. The Morgan fingerprint density at radius 1 is 0.235 bits per heavy atom. The third kappa shape index (κ3) is 7.53. The molecule has 0 spiro atoms. The zero-order valence-electron chi connectivity index (χ0n) is 34.2. The van der Waals surface area contributed by atoms with Crippen molar-refractivity contribution in [2.24, 2.45) is 0 Å². The van der Waals surface area contributed by atoms with E-state index in [2.05, 4.69) is 188 Å². The van der Waals surface area contributed by atoms with Gasteiger partial charge in [0.1, 0.15) is 0 Å². The summed E-state index contributed by atoms with van der Waals surface area (Å²) >= 11 is 0. The first-order valence-electron chi connectivity index (χ1n) is 19.8. The molecule has 0 aliphatic rings. The molecular weight excluding hydrogens is 613 g/mol. The Morgan fingerprint density at radius 2 is 0.471 bits per heavy atom. The molecule has 0 aromatic heterocycles. The molecule has 0 unspecified atom stereocenters. The molecule has 0 nitrogen and oxygen atoms in total. The van der Waals surface area contributed by atoms with E-state index in [9.17, 15) is 0 Å². The Balaban J connectivity index is 2.16. The van der Waals surface area contributed by atoms with Crippen LogP contribution in [0.5, 0.6) is 0 Å². The van der Waals surface area contributed by atoms with Crippen LogP contribution >= 0.6 is 0 Å². The van der Waals surface area contributed by atoms with Crippen LogP contribution in [0.15, 0.2) is 91.0 Å². The maximum atomic E-state index is 2.64. The van der Waals surface area contributed by atoms with E-state index in [1.807, 2.05) is 0 Å². The Hall–Kier alpha value is -3.90. The summed E-state index contributed by atoms with van der Waals surface area (Å²) in [5.74, 6) is 2.71. The van der Waals surface area contributed by atoms with E-state index in [0.29, 0.717) is 41.4 Å². The number of hydrogen-bond acceptors (Lipinski definition) is 0. The van der Waals surface area contributed by atoms with Crippen molar-refractivity contribution in [2.75, 3.05) is 0 Å². The first-order valence-corrected chi connectivity index (χ1v) is 19.8. The van der Waals surface area contributed by atoms with Crippen molar-refractivity contribution in [1.29, 1.82) is 0 Å². The topological polar surface area (TPSA) is 0 Å². The lowest BCUT2D eigenvalue weighted by atomic mass is 9.74. The fourth-order valence-electron chi connectivity index (χ4n) is 8.27. The van der Waals surface area contributed by atoms with Gasteiger partial charge in [-0.3, -0.25) is 0 Å². The third-order valence-electron chi connectivity index (χ3n) is 11.0. The van der Waals surface area contributed by atoms with Crippen molar-refractivity contribution in [3.8, 4) is 44.5 Å². The summed E-state index contributed by atoms with van der Waals surface area (Å²) in [4.78, 5) is 0. The Bertz CT molecular complexity index is 1900. The van der Waals surface area contributed by atoms with Crippen molar-refractivity contribution in [3.63, 3.8) is 0 Å². The Labute approximate surface area is 311 Å². The molecule has 0 N–H and O–H groups in total. The second-order valence-corrected chi connectivity index (χ2v) is 17.0.